The minimum absolute atomic E-state index is 0.0136. The second-order valence-electron chi connectivity index (χ2n) is 5.64. The number of ether oxygens (including phenoxy) is 2. The highest BCUT2D eigenvalue weighted by atomic mass is 35.5. The first kappa shape index (κ1) is 22.6. The van der Waals surface area contributed by atoms with E-state index in [0.717, 1.165) is 0 Å². The maximum absolute atomic E-state index is 12.6. The Labute approximate surface area is 173 Å². The van der Waals surface area contributed by atoms with Crippen LogP contribution >= 0.6 is 11.6 Å². The van der Waals surface area contributed by atoms with E-state index in [2.05, 4.69) is 15.4 Å². The van der Waals surface area contributed by atoms with Crippen molar-refractivity contribution in [2.75, 3.05) is 38.0 Å². The van der Waals surface area contributed by atoms with E-state index >= 15 is 0 Å². The molecule has 0 spiro atoms. The maximum Gasteiger partial charge on any atom is 0.411 e. The lowest BCUT2D eigenvalue weighted by molar-refractivity contribution is 0.102. The molecular weight excluding hydrogens is 422 g/mol. The van der Waals surface area contributed by atoms with Gasteiger partial charge in [-0.3, -0.25) is 10.1 Å². The zero-order valence-corrected chi connectivity index (χ0v) is 17.3. The van der Waals surface area contributed by atoms with E-state index in [4.69, 9.17) is 21.1 Å². The molecule has 0 fully saturated rings. The largest absolute Gasteiger partial charge is 0.447 e. The summed E-state index contributed by atoms with van der Waals surface area (Å²) in [6, 6.07) is 10.1. The van der Waals surface area contributed by atoms with Crippen LogP contribution in [0.5, 0.6) is 0 Å². The van der Waals surface area contributed by atoms with Crippen LogP contribution in [-0.4, -0.2) is 47.8 Å². The first-order chi connectivity index (χ1) is 13.8. The minimum Gasteiger partial charge on any atom is -0.447 e. The average Bonchev–Trinajstić information content (AvgIpc) is 2.68. The van der Waals surface area contributed by atoms with Crippen LogP contribution in [0.25, 0.3) is 0 Å². The molecule has 0 atom stereocenters. The molecule has 156 valence electrons. The van der Waals surface area contributed by atoms with Gasteiger partial charge in [0.2, 0.25) is 10.0 Å². The molecule has 3 N–H and O–H groups in total. The second kappa shape index (κ2) is 10.2. The Bertz CT molecular complexity index is 997. The van der Waals surface area contributed by atoms with Crippen molar-refractivity contribution in [2.24, 2.45) is 0 Å². The molecule has 2 aromatic rings. The number of carbonyl (C=O) groups is 2. The van der Waals surface area contributed by atoms with Crippen LogP contribution in [-0.2, 0) is 19.5 Å². The molecule has 2 aromatic carbocycles. The predicted octanol–water partition coefficient (Wildman–Crippen LogP) is 2.70. The Morgan fingerprint density at radius 2 is 1.72 bits per heavy atom. The Morgan fingerprint density at radius 1 is 1.03 bits per heavy atom. The zero-order valence-electron chi connectivity index (χ0n) is 15.7. The van der Waals surface area contributed by atoms with Crippen LogP contribution in [0.4, 0.5) is 16.2 Å². The van der Waals surface area contributed by atoms with Gasteiger partial charge in [0.25, 0.3) is 5.91 Å². The number of rotatable bonds is 8. The third-order valence-electron chi connectivity index (χ3n) is 3.65. The summed E-state index contributed by atoms with van der Waals surface area (Å²) in [7, 11) is -0.977. The van der Waals surface area contributed by atoms with Crippen LogP contribution in [0.15, 0.2) is 47.4 Å². The van der Waals surface area contributed by atoms with Gasteiger partial charge >= 0.3 is 6.09 Å². The minimum atomic E-state index is -3.73. The molecule has 0 aliphatic rings. The topological polar surface area (TPSA) is 123 Å². The lowest BCUT2D eigenvalue weighted by Crippen LogP contribution is -2.20. The standard InChI is InChI=1S/C18H20ClN3O6S/c1-20-29(25,26)14-6-7-16(19)15(11-14)17(23)21-12-4-3-5-13(10-12)22-18(24)28-9-8-27-2/h3-7,10-11,20H,8-9H2,1-2H3,(H,21,23)(H,22,24). The Morgan fingerprint density at radius 3 is 2.38 bits per heavy atom. The molecule has 0 aliphatic carbocycles. The van der Waals surface area contributed by atoms with Crippen molar-refractivity contribution in [3.8, 4) is 0 Å². The number of hydrogen-bond acceptors (Lipinski definition) is 6. The molecule has 9 nitrogen and oxygen atoms in total. The van der Waals surface area contributed by atoms with Crippen molar-refractivity contribution in [3.05, 3.63) is 53.1 Å². The summed E-state index contributed by atoms with van der Waals surface area (Å²) in [6.07, 6.45) is -0.668. The van der Waals surface area contributed by atoms with E-state index in [-0.39, 0.29) is 28.7 Å². The summed E-state index contributed by atoms with van der Waals surface area (Å²) < 4.78 is 35.8. The van der Waals surface area contributed by atoms with Crippen molar-refractivity contribution in [2.45, 2.75) is 4.90 Å². The van der Waals surface area contributed by atoms with Gasteiger partial charge in [-0.2, -0.15) is 0 Å². The summed E-state index contributed by atoms with van der Waals surface area (Å²) in [5.74, 6) is -0.608. The number of benzene rings is 2. The lowest BCUT2D eigenvalue weighted by atomic mass is 10.2. The number of anilines is 2. The molecule has 0 heterocycles. The van der Waals surface area contributed by atoms with Gasteiger partial charge < -0.3 is 14.8 Å². The van der Waals surface area contributed by atoms with Gasteiger partial charge in [-0.05, 0) is 43.4 Å². The third kappa shape index (κ3) is 6.43. The summed E-state index contributed by atoms with van der Waals surface area (Å²) >= 11 is 6.05. The highest BCUT2D eigenvalue weighted by molar-refractivity contribution is 7.89. The highest BCUT2D eigenvalue weighted by Crippen LogP contribution is 2.23. The van der Waals surface area contributed by atoms with E-state index in [0.29, 0.717) is 11.4 Å². The number of amides is 2. The van der Waals surface area contributed by atoms with E-state index in [1.54, 1.807) is 18.2 Å². The number of methoxy groups -OCH3 is 1. The van der Waals surface area contributed by atoms with Crippen LogP contribution in [0.3, 0.4) is 0 Å². The van der Waals surface area contributed by atoms with Gasteiger partial charge in [0.15, 0.2) is 0 Å². The maximum atomic E-state index is 12.6. The second-order valence-corrected chi connectivity index (χ2v) is 7.93. The molecule has 0 saturated carbocycles. The molecular formula is C18H20ClN3O6S. The third-order valence-corrected chi connectivity index (χ3v) is 5.39. The van der Waals surface area contributed by atoms with Crippen LogP contribution in [0.2, 0.25) is 5.02 Å². The van der Waals surface area contributed by atoms with E-state index in [9.17, 15) is 18.0 Å². The van der Waals surface area contributed by atoms with Crippen molar-refractivity contribution in [1.29, 1.82) is 0 Å². The smallest absolute Gasteiger partial charge is 0.411 e. The first-order valence-corrected chi connectivity index (χ1v) is 10.2. The summed E-state index contributed by atoms with van der Waals surface area (Å²) in [5.41, 5.74) is 0.741. The van der Waals surface area contributed by atoms with E-state index in [1.807, 2.05) is 0 Å². The quantitative estimate of drug-likeness (QED) is 0.541. The van der Waals surface area contributed by atoms with E-state index < -0.39 is 22.0 Å². The monoisotopic (exact) mass is 441 g/mol. The zero-order chi connectivity index (χ0) is 21.4. The molecule has 2 rings (SSSR count). The summed E-state index contributed by atoms with van der Waals surface area (Å²) in [4.78, 5) is 24.2. The number of hydrogen-bond donors (Lipinski definition) is 3. The number of halogens is 1. The van der Waals surface area contributed by atoms with Gasteiger partial charge in [0.1, 0.15) is 6.61 Å². The van der Waals surface area contributed by atoms with Crippen molar-refractivity contribution in [3.63, 3.8) is 0 Å². The molecule has 0 bridgehead atoms. The number of nitrogens with one attached hydrogen (secondary N) is 3. The first-order valence-electron chi connectivity index (χ1n) is 8.34. The number of sulfonamides is 1. The molecule has 2 amide bonds. The normalized spacial score (nSPS) is 11.0. The van der Waals surface area contributed by atoms with Crippen LogP contribution in [0.1, 0.15) is 10.4 Å². The fraction of sp³-hybridized carbons (Fsp3) is 0.222. The molecule has 0 radical (unpaired) electrons. The molecule has 0 unspecified atom stereocenters. The molecule has 0 aliphatic heterocycles. The molecule has 0 aromatic heterocycles. The Hall–Kier alpha value is -2.66. The molecule has 29 heavy (non-hydrogen) atoms. The molecule has 11 heteroatoms. The highest BCUT2D eigenvalue weighted by Gasteiger charge is 2.17. The fourth-order valence-electron chi connectivity index (χ4n) is 2.21. The molecule has 0 saturated heterocycles. The Balaban J connectivity index is 2.13. The predicted molar refractivity (Wildman–Crippen MR) is 109 cm³/mol. The SMILES string of the molecule is CNS(=O)(=O)c1ccc(Cl)c(C(=O)Nc2cccc(NC(=O)OCCOC)c2)c1. The van der Waals surface area contributed by atoms with E-state index in [1.165, 1.54) is 38.4 Å². The summed E-state index contributed by atoms with van der Waals surface area (Å²) in [6.45, 7) is 0.371. The van der Waals surface area contributed by atoms with Crippen molar-refractivity contribution in [1.82, 2.24) is 4.72 Å². The van der Waals surface area contributed by atoms with Crippen molar-refractivity contribution >= 4 is 45.0 Å². The van der Waals surface area contributed by atoms with Gasteiger partial charge in [-0.25, -0.2) is 17.9 Å². The lowest BCUT2D eigenvalue weighted by Gasteiger charge is -2.11. The van der Waals surface area contributed by atoms with Gasteiger partial charge in [0, 0.05) is 18.5 Å². The Kier molecular flexibility index (Phi) is 7.97. The van der Waals surface area contributed by atoms with Gasteiger partial charge in [-0.1, -0.05) is 17.7 Å². The van der Waals surface area contributed by atoms with Gasteiger partial charge in [0.05, 0.1) is 22.1 Å². The fourth-order valence-corrected chi connectivity index (χ4v) is 3.17. The van der Waals surface area contributed by atoms with Crippen molar-refractivity contribution < 1.29 is 27.5 Å². The summed E-state index contributed by atoms with van der Waals surface area (Å²) in [5, 5.41) is 5.22. The number of carbonyl (C=O) groups excluding carboxylic acids is 2. The van der Waals surface area contributed by atoms with Gasteiger partial charge in [-0.15, -0.1) is 0 Å². The average molecular weight is 442 g/mol. The van der Waals surface area contributed by atoms with Crippen LogP contribution in [0, 0.1) is 0 Å². The van der Waals surface area contributed by atoms with Crippen LogP contribution < -0.4 is 15.4 Å².